The normalized spacial score (nSPS) is 13.3. The van der Waals surface area contributed by atoms with Gasteiger partial charge in [0.15, 0.2) is 15.1 Å². The highest BCUT2D eigenvalue weighted by molar-refractivity contribution is 7.92. The van der Waals surface area contributed by atoms with Gasteiger partial charge in [-0.1, -0.05) is 19.1 Å². The average Bonchev–Trinajstić information content (AvgIpc) is 2.21. The predicted octanol–water partition coefficient (Wildman–Crippen LogP) is 1.60. The van der Waals surface area contributed by atoms with E-state index in [0.29, 0.717) is 5.56 Å². The summed E-state index contributed by atoms with van der Waals surface area (Å²) in [7, 11) is -3.76. The van der Waals surface area contributed by atoms with E-state index in [2.05, 4.69) is 0 Å². The van der Waals surface area contributed by atoms with Gasteiger partial charge in [-0.3, -0.25) is 4.79 Å². The van der Waals surface area contributed by atoms with E-state index < -0.39 is 32.6 Å². The molecule has 17 heavy (non-hydrogen) atoms. The van der Waals surface area contributed by atoms with Gasteiger partial charge >= 0.3 is 5.97 Å². The van der Waals surface area contributed by atoms with Crippen molar-refractivity contribution in [3.63, 3.8) is 0 Å². The number of rotatable bonds is 5. The maximum absolute atomic E-state index is 12.6. The van der Waals surface area contributed by atoms with E-state index in [1.54, 1.807) is 0 Å². The molecule has 1 unspecified atom stereocenters. The molecule has 0 saturated carbocycles. The summed E-state index contributed by atoms with van der Waals surface area (Å²) in [6.45, 7) is 1.50. The largest absolute Gasteiger partial charge is 0.480 e. The van der Waals surface area contributed by atoms with Gasteiger partial charge in [-0.25, -0.2) is 12.8 Å². The number of carboxylic acid groups (broad SMARTS) is 1. The molecule has 0 heterocycles. The van der Waals surface area contributed by atoms with Gasteiger partial charge in [-0.15, -0.1) is 0 Å². The molecule has 1 aromatic rings. The lowest BCUT2D eigenvalue weighted by atomic mass is 10.2. The van der Waals surface area contributed by atoms with Crippen LogP contribution in [-0.4, -0.2) is 24.7 Å². The Bertz CT molecular complexity index is 493. The molecular formula is C11H13FO4S. The van der Waals surface area contributed by atoms with Gasteiger partial charge < -0.3 is 5.11 Å². The van der Waals surface area contributed by atoms with Crippen molar-refractivity contribution in [3.05, 3.63) is 35.6 Å². The summed E-state index contributed by atoms with van der Waals surface area (Å²) < 4.78 is 36.2. The average molecular weight is 260 g/mol. The van der Waals surface area contributed by atoms with Crippen LogP contribution in [0.2, 0.25) is 0 Å². The van der Waals surface area contributed by atoms with Gasteiger partial charge in [-0.05, 0) is 24.1 Å². The topological polar surface area (TPSA) is 71.4 Å². The van der Waals surface area contributed by atoms with Gasteiger partial charge in [0.2, 0.25) is 0 Å². The second kappa shape index (κ2) is 5.27. The fourth-order valence-corrected chi connectivity index (χ4v) is 3.17. The highest BCUT2D eigenvalue weighted by atomic mass is 32.2. The second-order valence-corrected chi connectivity index (χ2v) is 5.85. The zero-order valence-electron chi connectivity index (χ0n) is 9.26. The molecule has 0 bridgehead atoms. The van der Waals surface area contributed by atoms with Crippen LogP contribution in [0.5, 0.6) is 0 Å². The molecule has 0 radical (unpaired) electrons. The third-order valence-corrected chi connectivity index (χ3v) is 4.50. The standard InChI is InChI=1S/C11H13FO4S/c1-2-10(11(13)14)17(15,16)7-8-3-5-9(12)6-4-8/h3-6,10H,2,7H2,1H3,(H,13,14). The first kappa shape index (κ1) is 13.6. The first-order valence-corrected chi connectivity index (χ1v) is 6.77. The summed E-state index contributed by atoms with van der Waals surface area (Å²) in [6, 6.07) is 4.96. The second-order valence-electron chi connectivity index (χ2n) is 3.67. The Morgan fingerprint density at radius 3 is 2.29 bits per heavy atom. The Kier molecular flexibility index (Phi) is 4.22. The predicted molar refractivity (Wildman–Crippen MR) is 60.7 cm³/mol. The van der Waals surface area contributed by atoms with Crippen molar-refractivity contribution in [1.29, 1.82) is 0 Å². The number of carbonyl (C=O) groups is 1. The number of halogens is 1. The van der Waals surface area contributed by atoms with Crippen molar-refractivity contribution < 1.29 is 22.7 Å². The lowest BCUT2D eigenvalue weighted by molar-refractivity contribution is -0.136. The van der Waals surface area contributed by atoms with Gasteiger partial charge in [-0.2, -0.15) is 0 Å². The SMILES string of the molecule is CCC(C(=O)O)S(=O)(=O)Cc1ccc(F)cc1. The van der Waals surface area contributed by atoms with E-state index in [1.165, 1.54) is 19.1 Å². The number of benzene rings is 1. The van der Waals surface area contributed by atoms with E-state index in [-0.39, 0.29) is 6.42 Å². The third-order valence-electron chi connectivity index (χ3n) is 2.36. The van der Waals surface area contributed by atoms with Gasteiger partial charge in [0.1, 0.15) is 5.82 Å². The van der Waals surface area contributed by atoms with Crippen LogP contribution < -0.4 is 0 Å². The lowest BCUT2D eigenvalue weighted by Gasteiger charge is -2.11. The summed E-state index contributed by atoms with van der Waals surface area (Å²) in [5.41, 5.74) is 0.381. The number of carboxylic acids is 1. The molecule has 1 aromatic carbocycles. The minimum Gasteiger partial charge on any atom is -0.480 e. The summed E-state index contributed by atoms with van der Waals surface area (Å²) in [5.74, 6) is -2.20. The number of sulfone groups is 1. The molecule has 0 spiro atoms. The van der Waals surface area contributed by atoms with Crippen LogP contribution in [0.3, 0.4) is 0 Å². The third kappa shape index (κ3) is 3.52. The maximum atomic E-state index is 12.6. The molecule has 0 aliphatic heterocycles. The van der Waals surface area contributed by atoms with E-state index in [9.17, 15) is 17.6 Å². The molecule has 0 saturated heterocycles. The van der Waals surface area contributed by atoms with Gasteiger partial charge in [0, 0.05) is 0 Å². The molecule has 0 aliphatic rings. The van der Waals surface area contributed by atoms with Crippen molar-refractivity contribution >= 4 is 15.8 Å². The smallest absolute Gasteiger partial charge is 0.321 e. The van der Waals surface area contributed by atoms with Crippen LogP contribution in [0, 0.1) is 5.82 Å². The number of hydrogen-bond donors (Lipinski definition) is 1. The van der Waals surface area contributed by atoms with Crippen LogP contribution in [0.25, 0.3) is 0 Å². The first-order valence-electron chi connectivity index (χ1n) is 5.05. The molecule has 0 aliphatic carbocycles. The van der Waals surface area contributed by atoms with Crippen LogP contribution in [0.4, 0.5) is 4.39 Å². The highest BCUT2D eigenvalue weighted by Gasteiger charge is 2.30. The van der Waals surface area contributed by atoms with Crippen molar-refractivity contribution in [2.75, 3.05) is 0 Å². The monoisotopic (exact) mass is 260 g/mol. The Morgan fingerprint density at radius 1 is 1.35 bits per heavy atom. The van der Waals surface area contributed by atoms with E-state index in [1.807, 2.05) is 0 Å². The van der Waals surface area contributed by atoms with Crippen LogP contribution >= 0.6 is 0 Å². The summed E-state index contributed by atoms with van der Waals surface area (Å²) in [4.78, 5) is 10.8. The molecule has 0 amide bonds. The lowest BCUT2D eigenvalue weighted by Crippen LogP contribution is -2.30. The molecule has 0 fully saturated rings. The van der Waals surface area contributed by atoms with Crippen molar-refractivity contribution in [3.8, 4) is 0 Å². The summed E-state index contributed by atoms with van der Waals surface area (Å²) in [6.07, 6.45) is 0.0128. The molecule has 6 heteroatoms. The fourth-order valence-electron chi connectivity index (χ4n) is 1.50. The molecule has 0 aromatic heterocycles. The van der Waals surface area contributed by atoms with Crippen molar-refractivity contribution in [1.82, 2.24) is 0 Å². The van der Waals surface area contributed by atoms with Crippen molar-refractivity contribution in [2.24, 2.45) is 0 Å². The molecule has 94 valence electrons. The van der Waals surface area contributed by atoms with Crippen molar-refractivity contribution in [2.45, 2.75) is 24.3 Å². The van der Waals surface area contributed by atoms with Gasteiger partial charge in [0.05, 0.1) is 5.75 Å². The quantitative estimate of drug-likeness (QED) is 0.873. The fraction of sp³-hybridized carbons (Fsp3) is 0.364. The minimum absolute atomic E-state index is 0.0128. The Labute approximate surface area is 99.0 Å². The zero-order chi connectivity index (χ0) is 13.1. The molecule has 1 atom stereocenters. The highest BCUT2D eigenvalue weighted by Crippen LogP contribution is 2.14. The van der Waals surface area contributed by atoms with Gasteiger partial charge in [0.25, 0.3) is 0 Å². The summed E-state index contributed by atoms with van der Waals surface area (Å²) >= 11 is 0. The van der Waals surface area contributed by atoms with Crippen LogP contribution in [0.1, 0.15) is 18.9 Å². The Morgan fingerprint density at radius 2 is 1.88 bits per heavy atom. The Balaban J connectivity index is 2.93. The number of hydrogen-bond acceptors (Lipinski definition) is 3. The molecular weight excluding hydrogens is 247 g/mol. The number of aliphatic carboxylic acids is 1. The zero-order valence-corrected chi connectivity index (χ0v) is 10.1. The van der Waals surface area contributed by atoms with Crippen LogP contribution in [-0.2, 0) is 20.4 Å². The molecule has 4 nitrogen and oxygen atoms in total. The van der Waals surface area contributed by atoms with E-state index in [0.717, 1.165) is 12.1 Å². The first-order chi connectivity index (χ1) is 7.86. The molecule has 1 rings (SSSR count). The maximum Gasteiger partial charge on any atom is 0.321 e. The van der Waals surface area contributed by atoms with E-state index >= 15 is 0 Å². The summed E-state index contributed by atoms with van der Waals surface area (Å²) in [5, 5.41) is 7.38. The Hall–Kier alpha value is -1.43. The van der Waals surface area contributed by atoms with Crippen LogP contribution in [0.15, 0.2) is 24.3 Å². The van der Waals surface area contributed by atoms with E-state index in [4.69, 9.17) is 5.11 Å². The minimum atomic E-state index is -3.76. The molecule has 1 N–H and O–H groups in total.